The largest absolute Gasteiger partial charge is 0.0979 e. The van der Waals surface area contributed by atoms with Crippen molar-refractivity contribution in [1.29, 1.82) is 0 Å². The molecule has 0 bridgehead atoms. The van der Waals surface area contributed by atoms with E-state index >= 15 is 0 Å². The van der Waals surface area contributed by atoms with E-state index in [1.54, 1.807) is 0 Å². The first-order chi connectivity index (χ1) is 7.25. The molecule has 0 N–H and O–H groups in total. The van der Waals surface area contributed by atoms with Crippen LogP contribution in [0.2, 0.25) is 0 Å². The van der Waals surface area contributed by atoms with Gasteiger partial charge in [-0.1, -0.05) is 65.9 Å². The smallest absolute Gasteiger partial charge is 0.0260 e. The molecule has 0 amide bonds. The molecular formula is C14H15Br. The van der Waals surface area contributed by atoms with E-state index in [4.69, 9.17) is 0 Å². The fourth-order valence-electron chi connectivity index (χ4n) is 1.21. The van der Waals surface area contributed by atoms with Crippen LogP contribution in [0.15, 0.2) is 35.3 Å². The zero-order valence-corrected chi connectivity index (χ0v) is 10.6. The van der Waals surface area contributed by atoms with Crippen LogP contribution in [0.1, 0.15) is 31.7 Å². The Bertz CT molecular complexity index is 393. The fourth-order valence-corrected chi connectivity index (χ4v) is 1.73. The lowest BCUT2D eigenvalue weighted by Gasteiger charge is -2.00. The highest BCUT2D eigenvalue weighted by molar-refractivity contribution is 9.10. The topological polar surface area (TPSA) is 0 Å². The Hall–Kier alpha value is -1.000. The van der Waals surface area contributed by atoms with Gasteiger partial charge in [0.2, 0.25) is 0 Å². The van der Waals surface area contributed by atoms with Gasteiger partial charge in [-0.2, -0.15) is 0 Å². The summed E-state index contributed by atoms with van der Waals surface area (Å²) >= 11 is 3.49. The summed E-state index contributed by atoms with van der Waals surface area (Å²) in [7, 11) is 0. The minimum absolute atomic E-state index is 0.888. The summed E-state index contributed by atoms with van der Waals surface area (Å²) in [5, 5.41) is 0. The molecule has 0 saturated heterocycles. The van der Waals surface area contributed by atoms with Gasteiger partial charge < -0.3 is 0 Å². The molecule has 1 heteroatoms. The minimum atomic E-state index is 0.888. The third-order valence-electron chi connectivity index (χ3n) is 2.09. The van der Waals surface area contributed by atoms with Crippen molar-refractivity contribution in [3.8, 4) is 11.8 Å². The van der Waals surface area contributed by atoms with E-state index in [2.05, 4.69) is 41.3 Å². The van der Waals surface area contributed by atoms with Crippen molar-refractivity contribution in [1.82, 2.24) is 0 Å². The van der Waals surface area contributed by atoms with E-state index < -0.39 is 0 Å². The van der Waals surface area contributed by atoms with Crippen LogP contribution < -0.4 is 0 Å². The maximum Gasteiger partial charge on any atom is 0.0260 e. The summed E-state index contributed by atoms with van der Waals surface area (Å²) in [6, 6.07) is 8.03. The molecule has 0 aromatic heterocycles. The monoisotopic (exact) mass is 262 g/mol. The van der Waals surface area contributed by atoms with E-state index in [0.717, 1.165) is 28.5 Å². The first-order valence-corrected chi connectivity index (χ1v) is 5.97. The molecule has 0 spiro atoms. The van der Waals surface area contributed by atoms with Crippen molar-refractivity contribution in [2.45, 2.75) is 26.2 Å². The van der Waals surface area contributed by atoms with Crippen molar-refractivity contribution in [3.05, 3.63) is 40.9 Å². The summed E-state index contributed by atoms with van der Waals surface area (Å²) in [5.74, 6) is 6.24. The highest BCUT2D eigenvalue weighted by Gasteiger charge is 1.99. The van der Waals surface area contributed by atoms with Crippen molar-refractivity contribution in [2.24, 2.45) is 0 Å². The van der Waals surface area contributed by atoms with Crippen molar-refractivity contribution < 1.29 is 0 Å². The second-order valence-electron chi connectivity index (χ2n) is 3.36. The van der Waals surface area contributed by atoms with Crippen molar-refractivity contribution >= 4 is 21.5 Å². The zero-order valence-electron chi connectivity index (χ0n) is 9.02. The van der Waals surface area contributed by atoms with Crippen LogP contribution in [0.5, 0.6) is 0 Å². The molecule has 1 aromatic carbocycles. The molecule has 0 fully saturated rings. The maximum atomic E-state index is 3.98. The number of hydrogen-bond donors (Lipinski definition) is 0. The lowest BCUT2D eigenvalue weighted by molar-refractivity contribution is 0.828. The molecule has 0 aliphatic heterocycles. The van der Waals surface area contributed by atoms with Gasteiger partial charge in [0.1, 0.15) is 0 Å². The number of rotatable bonds is 3. The molecule has 0 aliphatic carbocycles. The lowest BCUT2D eigenvalue weighted by atomic mass is 10.1. The molecule has 1 rings (SSSR count). The van der Waals surface area contributed by atoms with Crippen LogP contribution >= 0.6 is 15.9 Å². The molecule has 0 atom stereocenters. The molecule has 0 saturated carbocycles. The second kappa shape index (κ2) is 6.48. The zero-order chi connectivity index (χ0) is 11.1. The second-order valence-corrected chi connectivity index (χ2v) is 4.22. The molecule has 0 nitrogen and oxygen atoms in total. The van der Waals surface area contributed by atoms with Crippen LogP contribution in [0.25, 0.3) is 5.57 Å². The van der Waals surface area contributed by atoms with Gasteiger partial charge in [0, 0.05) is 22.0 Å². The molecule has 1 aromatic rings. The van der Waals surface area contributed by atoms with E-state index in [-0.39, 0.29) is 0 Å². The molecule has 15 heavy (non-hydrogen) atoms. The Morgan fingerprint density at radius 1 is 1.40 bits per heavy atom. The van der Waals surface area contributed by atoms with Crippen LogP contribution in [-0.2, 0) is 0 Å². The van der Waals surface area contributed by atoms with E-state index in [9.17, 15) is 0 Å². The minimum Gasteiger partial charge on any atom is -0.0979 e. The van der Waals surface area contributed by atoms with Crippen molar-refractivity contribution in [2.75, 3.05) is 0 Å². The van der Waals surface area contributed by atoms with Gasteiger partial charge in [-0.3, -0.25) is 0 Å². The maximum absolute atomic E-state index is 3.98. The normalized spacial score (nSPS) is 9.20. The molecule has 0 radical (unpaired) electrons. The standard InChI is InChI=1S/C14H15Br/c1-3-4-5-6-9-12(2)13-10-7-8-11-14(13)15/h7-8,10-11H,2-5H2,1H3. The molecular weight excluding hydrogens is 248 g/mol. The summed E-state index contributed by atoms with van der Waals surface area (Å²) in [6.07, 6.45) is 3.31. The molecule has 0 aliphatic rings. The Balaban J connectivity index is 2.68. The third-order valence-corrected chi connectivity index (χ3v) is 2.79. The van der Waals surface area contributed by atoms with Gasteiger partial charge in [0.15, 0.2) is 0 Å². The molecule has 0 unspecified atom stereocenters. The summed E-state index contributed by atoms with van der Waals surface area (Å²) in [6.45, 7) is 6.15. The Morgan fingerprint density at radius 3 is 2.80 bits per heavy atom. The Kier molecular flexibility index (Phi) is 5.21. The first kappa shape index (κ1) is 12.1. The Labute approximate surface area is 101 Å². The average molecular weight is 263 g/mol. The highest BCUT2D eigenvalue weighted by atomic mass is 79.9. The first-order valence-electron chi connectivity index (χ1n) is 5.18. The summed E-state index contributed by atoms with van der Waals surface area (Å²) in [5.41, 5.74) is 1.97. The van der Waals surface area contributed by atoms with Crippen LogP contribution in [-0.4, -0.2) is 0 Å². The molecule has 78 valence electrons. The predicted molar refractivity (Wildman–Crippen MR) is 70.5 cm³/mol. The number of halogens is 1. The van der Waals surface area contributed by atoms with Crippen molar-refractivity contribution in [3.63, 3.8) is 0 Å². The number of allylic oxidation sites excluding steroid dienone is 1. The van der Waals surface area contributed by atoms with Crippen LogP contribution in [0.3, 0.4) is 0 Å². The average Bonchev–Trinajstić information content (AvgIpc) is 2.25. The SMILES string of the molecule is C=C(C#CCCCC)c1ccccc1Br. The lowest BCUT2D eigenvalue weighted by Crippen LogP contribution is -1.81. The molecule has 0 heterocycles. The van der Waals surface area contributed by atoms with Gasteiger partial charge >= 0.3 is 0 Å². The number of benzene rings is 1. The van der Waals surface area contributed by atoms with Gasteiger partial charge in [-0.15, -0.1) is 0 Å². The highest BCUT2D eigenvalue weighted by Crippen LogP contribution is 2.22. The van der Waals surface area contributed by atoms with E-state index in [0.29, 0.717) is 0 Å². The number of hydrogen-bond acceptors (Lipinski definition) is 0. The number of unbranched alkanes of at least 4 members (excludes halogenated alkanes) is 2. The Morgan fingerprint density at radius 2 is 2.13 bits per heavy atom. The van der Waals surface area contributed by atoms with Gasteiger partial charge in [-0.05, 0) is 12.5 Å². The van der Waals surface area contributed by atoms with Crippen LogP contribution in [0, 0.1) is 11.8 Å². The van der Waals surface area contributed by atoms with Gasteiger partial charge in [0.05, 0.1) is 0 Å². The summed E-state index contributed by atoms with van der Waals surface area (Å²) in [4.78, 5) is 0. The van der Waals surface area contributed by atoms with Crippen LogP contribution in [0.4, 0.5) is 0 Å². The summed E-state index contributed by atoms with van der Waals surface area (Å²) < 4.78 is 1.06. The quantitative estimate of drug-likeness (QED) is 0.549. The van der Waals surface area contributed by atoms with E-state index in [1.165, 1.54) is 6.42 Å². The van der Waals surface area contributed by atoms with E-state index in [1.807, 2.05) is 24.3 Å². The van der Waals surface area contributed by atoms with Gasteiger partial charge in [-0.25, -0.2) is 0 Å². The van der Waals surface area contributed by atoms with Gasteiger partial charge in [0.25, 0.3) is 0 Å². The fraction of sp³-hybridized carbons (Fsp3) is 0.286. The third kappa shape index (κ3) is 3.93. The predicted octanol–water partition coefficient (Wildman–Crippen LogP) is 4.66.